The number of carbonyl (C=O) groups is 1. The van der Waals surface area contributed by atoms with Gasteiger partial charge in [-0.25, -0.2) is 4.98 Å². The Hall–Kier alpha value is -3.60. The molecule has 2 aromatic heterocycles. The molecular weight excluding hydrogens is 785 g/mol. The average molecular weight is 836 g/mol. The van der Waals surface area contributed by atoms with Gasteiger partial charge in [-0.2, -0.15) is 0 Å². The fourth-order valence-corrected chi connectivity index (χ4v) is 6.49. The third-order valence-corrected chi connectivity index (χ3v) is 10.9. The molecule has 0 saturated carbocycles. The van der Waals surface area contributed by atoms with Crippen molar-refractivity contribution in [3.63, 3.8) is 0 Å². The minimum absolute atomic E-state index is 0. The van der Waals surface area contributed by atoms with Crippen molar-refractivity contribution in [1.29, 1.82) is 0 Å². The van der Waals surface area contributed by atoms with Gasteiger partial charge in [0, 0.05) is 49.0 Å². The Balaban J connectivity index is 0.000000260. The number of ketones is 1. The Kier molecular flexibility index (Phi) is 11.8. The van der Waals surface area contributed by atoms with E-state index < -0.39 is 0 Å². The molecule has 0 aliphatic heterocycles. The standard InChI is InChI=1S/C28H23N2O.C15H28O2.Ir/c1-28(2,3)22-15-19(14-18-9-5-6-10-20(18)22)25-27-26(30-16-29-25)24-21-11-7-4-8-17(21)12-13-23(24)31-27;1-7-14(5,8-2)12(16)11-13(17)15(6,9-3)10-4;/h4-11,15-16H,12-13H2,1-3H3;11,16H,7-10H2,1-6H3;/q-1;;/b;12-11-;. The van der Waals surface area contributed by atoms with E-state index in [1.165, 1.54) is 28.2 Å². The zero-order valence-electron chi connectivity index (χ0n) is 30.6. The largest absolute Gasteiger partial charge is 0.512 e. The van der Waals surface area contributed by atoms with Crippen molar-refractivity contribution in [1.82, 2.24) is 9.97 Å². The van der Waals surface area contributed by atoms with Crippen LogP contribution >= 0.6 is 0 Å². The molecule has 261 valence electrons. The first-order chi connectivity index (χ1) is 22.8. The van der Waals surface area contributed by atoms with E-state index in [0.717, 1.165) is 77.6 Å². The van der Waals surface area contributed by atoms with Crippen LogP contribution in [0.5, 0.6) is 0 Å². The number of aromatic nitrogens is 2. The van der Waals surface area contributed by atoms with Gasteiger partial charge >= 0.3 is 0 Å². The van der Waals surface area contributed by atoms with E-state index in [1.807, 2.05) is 41.5 Å². The molecule has 1 aliphatic rings. The quantitative estimate of drug-likeness (QED) is 0.0957. The van der Waals surface area contributed by atoms with Crippen LogP contribution in [-0.4, -0.2) is 20.9 Å². The number of hydrogen-bond acceptors (Lipinski definition) is 5. The number of aryl methyl sites for hydroxylation is 2. The SMILES string of the molecule is CC(C)(C)c1cc(-c2ncnc3c4c(oc23)CCc2ccccc2-4)[c-]c2ccccc12.CCC(C)(CC)C(=O)/C=C(\O)C(C)(CC)CC.[Ir]. The number of furan rings is 1. The molecule has 6 rings (SSSR count). The van der Waals surface area contributed by atoms with Crippen LogP contribution in [0.4, 0.5) is 0 Å². The summed E-state index contributed by atoms with van der Waals surface area (Å²) in [7, 11) is 0. The van der Waals surface area contributed by atoms with Crippen LogP contribution in [0.15, 0.2) is 77.2 Å². The Morgan fingerprint density at radius 2 is 1.51 bits per heavy atom. The predicted octanol–water partition coefficient (Wildman–Crippen LogP) is 11.6. The van der Waals surface area contributed by atoms with Gasteiger partial charge < -0.3 is 9.52 Å². The smallest absolute Gasteiger partial charge is 0.164 e. The molecule has 2 heterocycles. The molecule has 1 N–H and O–H groups in total. The first-order valence-electron chi connectivity index (χ1n) is 17.6. The van der Waals surface area contributed by atoms with Crippen LogP contribution in [0.3, 0.4) is 0 Å². The molecule has 3 aromatic carbocycles. The number of hydrogen-bond donors (Lipinski definition) is 1. The van der Waals surface area contributed by atoms with Gasteiger partial charge in [-0.05, 0) is 48.6 Å². The third kappa shape index (κ3) is 7.47. The van der Waals surface area contributed by atoms with Crippen molar-refractivity contribution in [3.05, 3.63) is 95.7 Å². The first kappa shape index (κ1) is 38.2. The number of aliphatic hydroxyl groups is 1. The van der Waals surface area contributed by atoms with Gasteiger partial charge in [0.1, 0.15) is 28.9 Å². The molecule has 0 saturated heterocycles. The molecule has 0 spiro atoms. The topological polar surface area (TPSA) is 76.2 Å². The summed E-state index contributed by atoms with van der Waals surface area (Å²) in [4.78, 5) is 21.5. The summed E-state index contributed by atoms with van der Waals surface area (Å²) in [5.41, 5.74) is 7.80. The summed E-state index contributed by atoms with van der Waals surface area (Å²) >= 11 is 0. The van der Waals surface area contributed by atoms with E-state index >= 15 is 0 Å². The number of fused-ring (bicyclic) bond motifs is 6. The second kappa shape index (κ2) is 15.1. The summed E-state index contributed by atoms with van der Waals surface area (Å²) in [6, 6.07) is 22.8. The monoisotopic (exact) mass is 836 g/mol. The van der Waals surface area contributed by atoms with Gasteiger partial charge in [0.2, 0.25) is 0 Å². The van der Waals surface area contributed by atoms with E-state index in [-0.39, 0.29) is 47.9 Å². The molecule has 0 atom stereocenters. The normalized spacial score (nSPS) is 13.3. The molecule has 0 unspecified atom stereocenters. The number of carbonyl (C=O) groups excluding carboxylic acids is 1. The molecule has 0 bridgehead atoms. The zero-order chi connectivity index (χ0) is 34.9. The minimum atomic E-state index is -0.337. The van der Waals surface area contributed by atoms with E-state index in [2.05, 4.69) is 91.4 Å². The molecule has 0 amide bonds. The summed E-state index contributed by atoms with van der Waals surface area (Å²) in [5.74, 6) is 1.29. The Morgan fingerprint density at radius 3 is 2.16 bits per heavy atom. The van der Waals surface area contributed by atoms with Crippen LogP contribution in [0.2, 0.25) is 0 Å². The maximum atomic E-state index is 12.2. The van der Waals surface area contributed by atoms with Crippen molar-refractivity contribution in [2.75, 3.05) is 0 Å². The van der Waals surface area contributed by atoms with Crippen molar-refractivity contribution in [2.24, 2.45) is 10.8 Å². The fraction of sp³-hybridized carbons (Fsp3) is 0.419. The molecule has 0 fully saturated rings. The molecule has 1 aliphatic carbocycles. The van der Waals surface area contributed by atoms with E-state index in [1.54, 1.807) is 6.33 Å². The number of benzene rings is 3. The maximum absolute atomic E-state index is 12.2. The Bertz CT molecular complexity index is 1970. The van der Waals surface area contributed by atoms with Crippen LogP contribution in [-0.2, 0) is 43.2 Å². The van der Waals surface area contributed by atoms with Gasteiger partial charge in [-0.3, -0.25) is 9.78 Å². The van der Waals surface area contributed by atoms with Gasteiger partial charge in [0.05, 0.1) is 5.69 Å². The molecule has 49 heavy (non-hydrogen) atoms. The Morgan fingerprint density at radius 1 is 0.878 bits per heavy atom. The number of aliphatic hydroxyl groups excluding tert-OH is 1. The third-order valence-electron chi connectivity index (χ3n) is 10.9. The maximum Gasteiger partial charge on any atom is 0.164 e. The summed E-state index contributed by atoms with van der Waals surface area (Å²) in [6.07, 6.45) is 8.29. The molecule has 5 nitrogen and oxygen atoms in total. The van der Waals surface area contributed by atoms with E-state index in [4.69, 9.17) is 4.42 Å². The van der Waals surface area contributed by atoms with Gasteiger partial charge in [0.25, 0.3) is 0 Å². The van der Waals surface area contributed by atoms with Crippen LogP contribution in [0, 0.1) is 16.9 Å². The van der Waals surface area contributed by atoms with Crippen LogP contribution in [0.25, 0.3) is 44.3 Å². The predicted molar refractivity (Wildman–Crippen MR) is 198 cm³/mol. The van der Waals surface area contributed by atoms with Crippen molar-refractivity contribution in [2.45, 2.75) is 106 Å². The summed E-state index contributed by atoms with van der Waals surface area (Å²) in [6.45, 7) is 18.8. The fourth-order valence-electron chi connectivity index (χ4n) is 6.49. The Labute approximate surface area is 306 Å². The second-order valence-electron chi connectivity index (χ2n) is 14.8. The zero-order valence-corrected chi connectivity index (χ0v) is 33.0. The minimum Gasteiger partial charge on any atom is -0.512 e. The van der Waals surface area contributed by atoms with E-state index in [0.29, 0.717) is 0 Å². The summed E-state index contributed by atoms with van der Waals surface area (Å²) < 4.78 is 6.43. The molecular formula is C43H51IrN2O3-. The average Bonchev–Trinajstić information content (AvgIpc) is 3.49. The van der Waals surface area contributed by atoms with Gasteiger partial charge in [-0.1, -0.05) is 116 Å². The number of rotatable bonds is 8. The van der Waals surface area contributed by atoms with Gasteiger partial charge in [0.15, 0.2) is 5.78 Å². The van der Waals surface area contributed by atoms with Crippen molar-refractivity contribution < 1.29 is 34.4 Å². The second-order valence-corrected chi connectivity index (χ2v) is 14.8. The number of allylic oxidation sites excluding steroid dienone is 2. The van der Waals surface area contributed by atoms with Crippen LogP contribution in [0.1, 0.15) is 105 Å². The summed E-state index contributed by atoms with van der Waals surface area (Å²) in [5, 5.41) is 12.5. The van der Waals surface area contributed by atoms with Crippen LogP contribution < -0.4 is 0 Å². The van der Waals surface area contributed by atoms with Crippen molar-refractivity contribution >= 4 is 27.7 Å². The first-order valence-corrected chi connectivity index (χ1v) is 17.6. The molecule has 1 radical (unpaired) electrons. The van der Waals surface area contributed by atoms with E-state index in [9.17, 15) is 9.90 Å². The van der Waals surface area contributed by atoms with Crippen molar-refractivity contribution in [3.8, 4) is 22.4 Å². The number of nitrogens with zero attached hydrogens (tertiary/aromatic N) is 2. The molecule has 6 heteroatoms. The van der Waals surface area contributed by atoms with Gasteiger partial charge in [-0.15, -0.1) is 29.1 Å². The molecule has 5 aromatic rings.